The zero-order valence-electron chi connectivity index (χ0n) is 14.2. The topological polar surface area (TPSA) is 80.8 Å². The second kappa shape index (κ2) is 7.90. The molecule has 0 radical (unpaired) electrons. The van der Waals surface area contributed by atoms with Crippen LogP contribution < -0.4 is 0 Å². The Hall–Kier alpha value is -3.72. The second-order valence-electron chi connectivity index (χ2n) is 5.35. The van der Waals surface area contributed by atoms with E-state index in [2.05, 4.69) is 10.1 Å². The highest BCUT2D eigenvalue weighted by atomic mass is 16.5. The predicted molar refractivity (Wildman–Crippen MR) is 97.0 cm³/mol. The van der Waals surface area contributed by atoms with Crippen LogP contribution in [0.2, 0.25) is 0 Å². The first-order valence-electron chi connectivity index (χ1n) is 8.07. The molecule has 0 atom stereocenters. The predicted octanol–water partition coefficient (Wildman–Crippen LogP) is 3.40. The van der Waals surface area contributed by atoms with Crippen LogP contribution in [0.5, 0.6) is 0 Å². The van der Waals surface area contributed by atoms with Gasteiger partial charge in [0.2, 0.25) is 0 Å². The third-order valence-electron chi connectivity index (χ3n) is 3.61. The molecule has 0 unspecified atom stereocenters. The van der Waals surface area contributed by atoms with E-state index in [0.29, 0.717) is 11.3 Å². The van der Waals surface area contributed by atoms with Gasteiger partial charge in [0.15, 0.2) is 0 Å². The van der Waals surface area contributed by atoms with Gasteiger partial charge in [0.05, 0.1) is 12.3 Å². The summed E-state index contributed by atoms with van der Waals surface area (Å²) in [5.41, 5.74) is 2.83. The Morgan fingerprint density at radius 1 is 1.27 bits per heavy atom. The minimum atomic E-state index is -0.653. The largest absolute Gasteiger partial charge is 0.462 e. The number of hydrogen-bond donors (Lipinski definition) is 0. The van der Waals surface area contributed by atoms with E-state index in [1.807, 2.05) is 42.5 Å². The molecule has 2 heterocycles. The van der Waals surface area contributed by atoms with Gasteiger partial charge in [-0.05, 0) is 37.3 Å². The van der Waals surface area contributed by atoms with Crippen LogP contribution in [0.4, 0.5) is 0 Å². The van der Waals surface area contributed by atoms with Crippen molar-refractivity contribution < 1.29 is 9.53 Å². The second-order valence-corrected chi connectivity index (χ2v) is 5.35. The summed E-state index contributed by atoms with van der Waals surface area (Å²) in [5.74, 6) is -0.653. The number of nitriles is 1. The van der Waals surface area contributed by atoms with Gasteiger partial charge in [-0.25, -0.2) is 9.48 Å². The van der Waals surface area contributed by atoms with Gasteiger partial charge >= 0.3 is 5.97 Å². The number of aromatic nitrogens is 3. The molecule has 0 aliphatic carbocycles. The molecule has 26 heavy (non-hydrogen) atoms. The number of nitrogens with zero attached hydrogens (tertiary/aromatic N) is 4. The summed E-state index contributed by atoms with van der Waals surface area (Å²) in [6, 6.07) is 15.2. The monoisotopic (exact) mass is 344 g/mol. The lowest BCUT2D eigenvalue weighted by molar-refractivity contribution is -0.137. The summed E-state index contributed by atoms with van der Waals surface area (Å²) in [5, 5.41) is 13.9. The van der Waals surface area contributed by atoms with Crippen molar-refractivity contribution in [2.75, 3.05) is 6.61 Å². The number of carbonyl (C=O) groups is 1. The average molecular weight is 344 g/mol. The Bertz CT molecular complexity index is 970. The van der Waals surface area contributed by atoms with E-state index in [-0.39, 0.29) is 12.2 Å². The number of hydrogen-bond acceptors (Lipinski definition) is 5. The molecule has 0 amide bonds. The molecule has 0 saturated heterocycles. The first-order chi connectivity index (χ1) is 12.7. The molecule has 6 nitrogen and oxygen atoms in total. The molecule has 0 spiro atoms. The highest BCUT2D eigenvalue weighted by Gasteiger charge is 2.15. The van der Waals surface area contributed by atoms with Crippen molar-refractivity contribution in [2.24, 2.45) is 0 Å². The number of benzene rings is 1. The van der Waals surface area contributed by atoms with Crippen molar-refractivity contribution in [1.29, 1.82) is 5.26 Å². The molecular formula is C20H16N4O2. The number of carbonyl (C=O) groups excluding carboxylic acids is 1. The minimum absolute atomic E-state index is 0.0791. The van der Waals surface area contributed by atoms with Crippen molar-refractivity contribution >= 4 is 12.0 Å². The normalized spacial score (nSPS) is 11.0. The zero-order valence-corrected chi connectivity index (χ0v) is 14.2. The number of ether oxygens (including phenoxy) is 1. The summed E-state index contributed by atoms with van der Waals surface area (Å²) >= 11 is 0. The van der Waals surface area contributed by atoms with Crippen molar-refractivity contribution in [2.45, 2.75) is 6.92 Å². The average Bonchev–Trinajstić information content (AvgIpc) is 3.11. The standard InChI is InChI=1S/C20H16N4O2/c1-2-26-20(25)16(12-21)11-17-14-24(18-8-4-3-5-9-18)23-19(17)15-7-6-10-22-13-15/h3-11,13-14H,2H2,1H3/b16-11+. The van der Waals surface area contributed by atoms with E-state index in [4.69, 9.17) is 4.74 Å². The Morgan fingerprint density at radius 2 is 2.08 bits per heavy atom. The molecule has 3 aromatic rings. The number of rotatable bonds is 5. The lowest BCUT2D eigenvalue weighted by Crippen LogP contribution is -2.06. The Balaban J connectivity index is 2.12. The fourth-order valence-corrected chi connectivity index (χ4v) is 2.43. The van der Waals surface area contributed by atoms with Gasteiger partial charge in [0.25, 0.3) is 0 Å². The maximum Gasteiger partial charge on any atom is 0.348 e. The molecule has 6 heteroatoms. The van der Waals surface area contributed by atoms with Gasteiger partial charge in [0.1, 0.15) is 17.3 Å². The zero-order chi connectivity index (χ0) is 18.4. The van der Waals surface area contributed by atoms with Crippen molar-refractivity contribution in [3.63, 3.8) is 0 Å². The van der Waals surface area contributed by atoms with Crippen molar-refractivity contribution in [1.82, 2.24) is 14.8 Å². The minimum Gasteiger partial charge on any atom is -0.462 e. The molecule has 2 aromatic heterocycles. The fourth-order valence-electron chi connectivity index (χ4n) is 2.43. The summed E-state index contributed by atoms with van der Waals surface area (Å²) in [6.45, 7) is 1.90. The van der Waals surface area contributed by atoms with Crippen LogP contribution in [0.15, 0.2) is 66.6 Å². The van der Waals surface area contributed by atoms with E-state index < -0.39 is 5.97 Å². The smallest absolute Gasteiger partial charge is 0.348 e. The van der Waals surface area contributed by atoms with E-state index in [1.165, 1.54) is 6.08 Å². The fraction of sp³-hybridized carbons (Fsp3) is 0.100. The summed E-state index contributed by atoms with van der Waals surface area (Å²) < 4.78 is 6.64. The summed E-state index contributed by atoms with van der Waals surface area (Å²) in [7, 11) is 0. The van der Waals surface area contributed by atoms with Gasteiger partial charge in [-0.3, -0.25) is 4.98 Å². The number of pyridine rings is 1. The molecule has 3 rings (SSSR count). The Kier molecular flexibility index (Phi) is 5.20. The number of esters is 1. The molecule has 0 aliphatic heterocycles. The van der Waals surface area contributed by atoms with Gasteiger partial charge < -0.3 is 4.74 Å². The lowest BCUT2D eigenvalue weighted by atomic mass is 10.1. The maximum absolute atomic E-state index is 12.0. The Morgan fingerprint density at radius 3 is 2.73 bits per heavy atom. The molecule has 0 N–H and O–H groups in total. The molecule has 1 aromatic carbocycles. The van der Waals surface area contributed by atoms with Crippen LogP contribution in [0, 0.1) is 11.3 Å². The summed E-state index contributed by atoms with van der Waals surface area (Å²) in [4.78, 5) is 16.1. The van der Waals surface area contributed by atoms with E-state index in [9.17, 15) is 10.1 Å². The van der Waals surface area contributed by atoms with Gasteiger partial charge in [0, 0.05) is 29.7 Å². The van der Waals surface area contributed by atoms with E-state index >= 15 is 0 Å². The molecule has 0 aliphatic rings. The van der Waals surface area contributed by atoms with E-state index in [0.717, 1.165) is 11.3 Å². The third kappa shape index (κ3) is 3.68. The molecule has 128 valence electrons. The Labute approximate surface area is 151 Å². The first-order valence-corrected chi connectivity index (χ1v) is 8.07. The molecule has 0 bridgehead atoms. The van der Waals surface area contributed by atoms with E-state index in [1.54, 1.807) is 36.3 Å². The van der Waals surface area contributed by atoms with Crippen molar-refractivity contribution in [3.8, 4) is 23.0 Å². The number of para-hydroxylation sites is 1. The highest BCUT2D eigenvalue weighted by molar-refractivity contribution is 5.98. The highest BCUT2D eigenvalue weighted by Crippen LogP contribution is 2.25. The lowest BCUT2D eigenvalue weighted by Gasteiger charge is -2.00. The van der Waals surface area contributed by atoms with Crippen LogP contribution in [-0.4, -0.2) is 27.3 Å². The quantitative estimate of drug-likeness (QED) is 0.402. The van der Waals surface area contributed by atoms with Crippen LogP contribution in [-0.2, 0) is 9.53 Å². The third-order valence-corrected chi connectivity index (χ3v) is 3.61. The van der Waals surface area contributed by atoms with Gasteiger partial charge in [-0.1, -0.05) is 18.2 Å². The van der Waals surface area contributed by atoms with Gasteiger partial charge in [-0.2, -0.15) is 10.4 Å². The molecule has 0 saturated carbocycles. The summed E-state index contributed by atoms with van der Waals surface area (Å²) in [6.07, 6.45) is 6.62. The van der Waals surface area contributed by atoms with Crippen molar-refractivity contribution in [3.05, 3.63) is 72.2 Å². The van der Waals surface area contributed by atoms with Gasteiger partial charge in [-0.15, -0.1) is 0 Å². The van der Waals surface area contributed by atoms with Crippen LogP contribution in [0.25, 0.3) is 23.0 Å². The first kappa shape index (κ1) is 17.1. The van der Waals surface area contributed by atoms with Crippen LogP contribution in [0.3, 0.4) is 0 Å². The van der Waals surface area contributed by atoms with Crippen LogP contribution >= 0.6 is 0 Å². The molecular weight excluding hydrogens is 328 g/mol. The van der Waals surface area contributed by atoms with Crippen LogP contribution in [0.1, 0.15) is 12.5 Å². The molecule has 0 fully saturated rings. The maximum atomic E-state index is 12.0. The SMILES string of the molecule is CCOC(=O)/C(C#N)=C/c1cn(-c2ccccc2)nc1-c1cccnc1.